The van der Waals surface area contributed by atoms with Crippen LogP contribution in [0.2, 0.25) is 5.02 Å². The maximum atomic E-state index is 10.9. The minimum absolute atomic E-state index is 0.112. The van der Waals surface area contributed by atoms with Crippen molar-refractivity contribution in [2.45, 2.75) is 6.42 Å². The van der Waals surface area contributed by atoms with E-state index in [9.17, 15) is 4.79 Å². The molecule has 2 rings (SSSR count). The SMILES string of the molecule is O=C(O)c1nc(NCCCN2CCNCC2)ccc1Cl. The number of aromatic nitrogens is 1. The molecule has 1 aliphatic heterocycles. The van der Waals surface area contributed by atoms with Crippen LogP contribution in [0.25, 0.3) is 0 Å². The summed E-state index contributed by atoms with van der Waals surface area (Å²) in [6.07, 6.45) is 0.993. The van der Waals surface area contributed by atoms with E-state index in [0.717, 1.165) is 45.7 Å². The molecule has 20 heavy (non-hydrogen) atoms. The molecule has 0 unspecified atom stereocenters. The summed E-state index contributed by atoms with van der Waals surface area (Å²) in [4.78, 5) is 17.3. The maximum Gasteiger partial charge on any atom is 0.356 e. The number of rotatable bonds is 6. The summed E-state index contributed by atoms with van der Waals surface area (Å²) in [5, 5.41) is 15.5. The minimum atomic E-state index is -1.11. The molecule has 1 aliphatic rings. The van der Waals surface area contributed by atoms with E-state index in [1.54, 1.807) is 12.1 Å². The number of halogens is 1. The molecule has 110 valence electrons. The molecule has 3 N–H and O–H groups in total. The van der Waals surface area contributed by atoms with Crippen LogP contribution in [0.5, 0.6) is 0 Å². The van der Waals surface area contributed by atoms with Crippen molar-refractivity contribution in [2.24, 2.45) is 0 Å². The van der Waals surface area contributed by atoms with Crippen molar-refractivity contribution in [2.75, 3.05) is 44.6 Å². The van der Waals surface area contributed by atoms with E-state index in [1.165, 1.54) is 0 Å². The van der Waals surface area contributed by atoms with Crippen LogP contribution in [0, 0.1) is 0 Å². The smallest absolute Gasteiger partial charge is 0.356 e. The zero-order valence-electron chi connectivity index (χ0n) is 11.2. The van der Waals surface area contributed by atoms with E-state index in [-0.39, 0.29) is 10.7 Å². The van der Waals surface area contributed by atoms with Gasteiger partial charge in [-0.1, -0.05) is 11.6 Å². The summed E-state index contributed by atoms with van der Waals surface area (Å²) in [5.41, 5.74) is -0.112. The van der Waals surface area contributed by atoms with Gasteiger partial charge in [-0.15, -0.1) is 0 Å². The lowest BCUT2D eigenvalue weighted by molar-refractivity contribution is 0.0691. The number of piperazine rings is 1. The summed E-state index contributed by atoms with van der Waals surface area (Å²) in [7, 11) is 0. The number of hydrogen-bond donors (Lipinski definition) is 3. The molecule has 0 bridgehead atoms. The lowest BCUT2D eigenvalue weighted by Gasteiger charge is -2.27. The van der Waals surface area contributed by atoms with Gasteiger partial charge in [-0.3, -0.25) is 0 Å². The van der Waals surface area contributed by atoms with Gasteiger partial charge in [0.2, 0.25) is 0 Å². The molecule has 0 aromatic carbocycles. The first-order valence-corrected chi connectivity index (χ1v) is 7.11. The largest absolute Gasteiger partial charge is 0.476 e. The molecular formula is C13H19ClN4O2. The molecule has 1 aromatic rings. The zero-order valence-corrected chi connectivity index (χ0v) is 12.0. The highest BCUT2D eigenvalue weighted by Gasteiger charge is 2.11. The summed E-state index contributed by atoms with van der Waals surface area (Å²) < 4.78 is 0. The molecule has 1 saturated heterocycles. The molecule has 0 aliphatic carbocycles. The fourth-order valence-corrected chi connectivity index (χ4v) is 2.33. The first kappa shape index (κ1) is 15.0. The Balaban J connectivity index is 1.76. The molecule has 0 atom stereocenters. The van der Waals surface area contributed by atoms with E-state index in [4.69, 9.17) is 16.7 Å². The number of carboxylic acids is 1. The van der Waals surface area contributed by atoms with Crippen molar-refractivity contribution in [3.8, 4) is 0 Å². The average molecular weight is 299 g/mol. The van der Waals surface area contributed by atoms with Gasteiger partial charge in [0.15, 0.2) is 5.69 Å². The van der Waals surface area contributed by atoms with Gasteiger partial charge in [0.1, 0.15) is 5.82 Å². The fraction of sp³-hybridized carbons (Fsp3) is 0.538. The lowest BCUT2D eigenvalue weighted by Crippen LogP contribution is -2.44. The number of aromatic carboxylic acids is 1. The third kappa shape index (κ3) is 4.33. The molecule has 6 nitrogen and oxygen atoms in total. The predicted octanol–water partition coefficient (Wildman–Crippen LogP) is 1.14. The fourth-order valence-electron chi connectivity index (χ4n) is 2.14. The van der Waals surface area contributed by atoms with Gasteiger partial charge in [-0.2, -0.15) is 0 Å². The molecule has 0 amide bonds. The molecule has 2 heterocycles. The van der Waals surface area contributed by atoms with Gasteiger partial charge >= 0.3 is 5.97 Å². The summed E-state index contributed by atoms with van der Waals surface area (Å²) in [6, 6.07) is 3.25. The quantitative estimate of drug-likeness (QED) is 0.684. The molecule has 7 heteroatoms. The summed E-state index contributed by atoms with van der Waals surface area (Å²) in [5.74, 6) is -0.563. The Bertz CT molecular complexity index is 464. The van der Waals surface area contributed by atoms with Crippen LogP contribution >= 0.6 is 11.6 Å². The minimum Gasteiger partial charge on any atom is -0.476 e. The third-order valence-corrected chi connectivity index (χ3v) is 3.52. The van der Waals surface area contributed by atoms with E-state index in [2.05, 4.69) is 20.5 Å². The zero-order chi connectivity index (χ0) is 14.4. The monoisotopic (exact) mass is 298 g/mol. The molecule has 0 radical (unpaired) electrons. The van der Waals surface area contributed by atoms with Gasteiger partial charge in [-0.05, 0) is 25.1 Å². The van der Waals surface area contributed by atoms with Crippen LogP contribution < -0.4 is 10.6 Å². The van der Waals surface area contributed by atoms with Gasteiger partial charge < -0.3 is 20.6 Å². The second-order valence-corrected chi connectivity index (χ2v) is 5.11. The number of nitrogens with zero attached hydrogens (tertiary/aromatic N) is 2. The second-order valence-electron chi connectivity index (χ2n) is 4.70. The van der Waals surface area contributed by atoms with Crippen LogP contribution in [0.3, 0.4) is 0 Å². The van der Waals surface area contributed by atoms with Gasteiger partial charge in [0.05, 0.1) is 5.02 Å². The Kier molecular flexibility index (Phi) is 5.58. The number of anilines is 1. The molecular weight excluding hydrogens is 280 g/mol. The Morgan fingerprint density at radius 2 is 2.20 bits per heavy atom. The average Bonchev–Trinajstić information content (AvgIpc) is 2.46. The Morgan fingerprint density at radius 1 is 1.45 bits per heavy atom. The maximum absolute atomic E-state index is 10.9. The highest BCUT2D eigenvalue weighted by Crippen LogP contribution is 2.16. The number of hydrogen-bond acceptors (Lipinski definition) is 5. The van der Waals surface area contributed by atoms with Crippen molar-refractivity contribution in [3.63, 3.8) is 0 Å². The Morgan fingerprint density at radius 3 is 2.90 bits per heavy atom. The Labute approximate surface area is 123 Å². The van der Waals surface area contributed by atoms with Gasteiger partial charge in [0.25, 0.3) is 0 Å². The van der Waals surface area contributed by atoms with E-state index >= 15 is 0 Å². The number of carbonyl (C=O) groups is 1. The lowest BCUT2D eigenvalue weighted by atomic mass is 10.3. The van der Waals surface area contributed by atoms with Crippen molar-refractivity contribution in [3.05, 3.63) is 22.8 Å². The van der Waals surface area contributed by atoms with Crippen molar-refractivity contribution in [1.29, 1.82) is 0 Å². The Hall–Kier alpha value is -1.37. The number of carboxylic acid groups (broad SMARTS) is 1. The molecule has 0 saturated carbocycles. The van der Waals surface area contributed by atoms with Crippen LogP contribution in [-0.2, 0) is 0 Å². The standard InChI is InChI=1S/C13H19ClN4O2/c14-10-2-3-11(17-12(10)13(19)20)16-4-1-7-18-8-5-15-6-9-18/h2-3,15H,1,4-9H2,(H,16,17)(H,19,20). The third-order valence-electron chi connectivity index (χ3n) is 3.22. The molecule has 1 aromatic heterocycles. The second kappa shape index (κ2) is 7.42. The topological polar surface area (TPSA) is 77.5 Å². The summed E-state index contributed by atoms with van der Waals surface area (Å²) >= 11 is 5.77. The highest BCUT2D eigenvalue weighted by atomic mass is 35.5. The van der Waals surface area contributed by atoms with E-state index in [0.29, 0.717) is 5.82 Å². The van der Waals surface area contributed by atoms with Crippen molar-refractivity contribution >= 4 is 23.4 Å². The van der Waals surface area contributed by atoms with Crippen LogP contribution in [0.1, 0.15) is 16.9 Å². The van der Waals surface area contributed by atoms with Crippen LogP contribution in [0.4, 0.5) is 5.82 Å². The first-order chi connectivity index (χ1) is 9.66. The van der Waals surface area contributed by atoms with Crippen molar-refractivity contribution in [1.82, 2.24) is 15.2 Å². The molecule has 0 spiro atoms. The van der Waals surface area contributed by atoms with Crippen LogP contribution in [0.15, 0.2) is 12.1 Å². The van der Waals surface area contributed by atoms with Crippen LogP contribution in [-0.4, -0.2) is 60.2 Å². The molecule has 1 fully saturated rings. The van der Waals surface area contributed by atoms with E-state index in [1.807, 2.05) is 0 Å². The normalized spacial score (nSPS) is 16.1. The number of pyridine rings is 1. The first-order valence-electron chi connectivity index (χ1n) is 6.73. The van der Waals surface area contributed by atoms with Gasteiger partial charge in [-0.25, -0.2) is 9.78 Å². The van der Waals surface area contributed by atoms with Crippen molar-refractivity contribution < 1.29 is 9.90 Å². The summed E-state index contributed by atoms with van der Waals surface area (Å²) in [6.45, 7) is 6.07. The van der Waals surface area contributed by atoms with E-state index < -0.39 is 5.97 Å². The van der Waals surface area contributed by atoms with Gasteiger partial charge in [0, 0.05) is 32.7 Å². The number of nitrogens with one attached hydrogen (secondary N) is 2. The highest BCUT2D eigenvalue weighted by molar-refractivity contribution is 6.33. The predicted molar refractivity (Wildman–Crippen MR) is 78.6 cm³/mol.